The van der Waals surface area contributed by atoms with Crippen LogP contribution in [0.25, 0.3) is 0 Å². The zero-order chi connectivity index (χ0) is 16.7. The number of hydrogen-bond donors (Lipinski definition) is 1. The van der Waals surface area contributed by atoms with E-state index in [1.54, 1.807) is 49.4 Å². The van der Waals surface area contributed by atoms with Gasteiger partial charge in [-0.15, -0.1) is 0 Å². The number of benzene rings is 2. The highest BCUT2D eigenvalue weighted by Crippen LogP contribution is 2.20. The molecule has 0 aliphatic heterocycles. The van der Waals surface area contributed by atoms with Gasteiger partial charge in [0.05, 0.1) is 22.9 Å². The summed E-state index contributed by atoms with van der Waals surface area (Å²) in [4.78, 5) is 23.5. The molecule has 2 aromatic carbocycles. The minimum atomic E-state index is -0.432. The van der Waals surface area contributed by atoms with E-state index in [0.717, 1.165) is 0 Å². The molecule has 2 aromatic rings. The van der Waals surface area contributed by atoms with Gasteiger partial charge in [0.15, 0.2) is 6.61 Å². The predicted octanol–water partition coefficient (Wildman–Crippen LogP) is 3.53. The van der Waals surface area contributed by atoms with E-state index in [9.17, 15) is 9.59 Å². The van der Waals surface area contributed by atoms with Gasteiger partial charge in [-0.1, -0.05) is 29.8 Å². The van der Waals surface area contributed by atoms with E-state index in [1.165, 1.54) is 6.07 Å². The zero-order valence-corrected chi connectivity index (χ0v) is 13.3. The molecule has 1 amide bonds. The number of hydrogen-bond acceptors (Lipinski definition) is 4. The number of nitrogens with one attached hydrogen (secondary N) is 1. The van der Waals surface area contributed by atoms with Crippen LogP contribution in [0.2, 0.25) is 5.02 Å². The van der Waals surface area contributed by atoms with Crippen LogP contribution in [-0.4, -0.2) is 25.1 Å². The number of amides is 1. The number of para-hydroxylation sites is 1. The molecule has 0 unspecified atom stereocenters. The number of halogens is 1. The number of anilines is 1. The van der Waals surface area contributed by atoms with Crippen molar-refractivity contribution in [2.45, 2.75) is 6.92 Å². The Morgan fingerprint density at radius 3 is 2.65 bits per heavy atom. The SMILES string of the molecule is CCOC(=O)c1cccc(OCC(=O)Nc2ccccc2Cl)c1. The van der Waals surface area contributed by atoms with Crippen LogP contribution in [0.3, 0.4) is 0 Å². The molecular formula is C17H16ClNO4. The van der Waals surface area contributed by atoms with E-state index >= 15 is 0 Å². The highest BCUT2D eigenvalue weighted by atomic mass is 35.5. The first-order chi connectivity index (χ1) is 11.1. The lowest BCUT2D eigenvalue weighted by Gasteiger charge is -2.09. The molecule has 2 rings (SSSR count). The summed E-state index contributed by atoms with van der Waals surface area (Å²) in [7, 11) is 0. The van der Waals surface area contributed by atoms with Crippen LogP contribution in [0.15, 0.2) is 48.5 Å². The summed E-state index contributed by atoms with van der Waals surface area (Å²) in [5, 5.41) is 3.10. The monoisotopic (exact) mass is 333 g/mol. The lowest BCUT2D eigenvalue weighted by atomic mass is 10.2. The van der Waals surface area contributed by atoms with E-state index in [-0.39, 0.29) is 12.5 Å². The van der Waals surface area contributed by atoms with Gasteiger partial charge in [-0.25, -0.2) is 4.79 Å². The standard InChI is InChI=1S/C17H16ClNO4/c1-2-22-17(21)12-6-5-7-13(10-12)23-11-16(20)19-15-9-4-3-8-14(15)18/h3-10H,2,11H2,1H3,(H,19,20). The van der Waals surface area contributed by atoms with Crippen LogP contribution in [0.4, 0.5) is 5.69 Å². The van der Waals surface area contributed by atoms with Crippen LogP contribution in [0, 0.1) is 0 Å². The van der Waals surface area contributed by atoms with Crippen molar-refractivity contribution < 1.29 is 19.1 Å². The zero-order valence-electron chi connectivity index (χ0n) is 12.5. The van der Waals surface area contributed by atoms with E-state index < -0.39 is 5.97 Å². The molecule has 0 saturated carbocycles. The Morgan fingerprint density at radius 1 is 1.13 bits per heavy atom. The molecule has 0 bridgehead atoms. The van der Waals surface area contributed by atoms with Gasteiger partial charge < -0.3 is 14.8 Å². The molecule has 0 aliphatic rings. The van der Waals surface area contributed by atoms with Crippen LogP contribution in [-0.2, 0) is 9.53 Å². The van der Waals surface area contributed by atoms with Gasteiger partial charge in [0, 0.05) is 0 Å². The fourth-order valence-corrected chi connectivity index (χ4v) is 2.01. The first-order valence-corrected chi connectivity index (χ1v) is 7.42. The van der Waals surface area contributed by atoms with E-state index in [4.69, 9.17) is 21.1 Å². The molecule has 0 radical (unpaired) electrons. The maximum atomic E-state index is 11.9. The van der Waals surface area contributed by atoms with Gasteiger partial charge in [-0.2, -0.15) is 0 Å². The first kappa shape index (κ1) is 16.8. The molecule has 0 heterocycles. The number of carbonyl (C=O) groups excluding carboxylic acids is 2. The minimum absolute atomic E-state index is 0.197. The van der Waals surface area contributed by atoms with Gasteiger partial charge in [0.25, 0.3) is 5.91 Å². The average Bonchev–Trinajstić information content (AvgIpc) is 2.56. The summed E-state index contributed by atoms with van der Waals surface area (Å²) in [6.07, 6.45) is 0. The molecule has 1 N–H and O–H groups in total. The Labute approximate surface area is 139 Å². The molecule has 0 fully saturated rings. The van der Waals surface area contributed by atoms with Gasteiger partial charge in [-0.05, 0) is 37.3 Å². The van der Waals surface area contributed by atoms with Crippen LogP contribution >= 0.6 is 11.6 Å². The highest BCUT2D eigenvalue weighted by Gasteiger charge is 2.09. The fraction of sp³-hybridized carbons (Fsp3) is 0.176. The molecule has 0 atom stereocenters. The fourth-order valence-electron chi connectivity index (χ4n) is 1.83. The third kappa shape index (κ3) is 5.00. The quantitative estimate of drug-likeness (QED) is 0.821. The van der Waals surface area contributed by atoms with Crippen molar-refractivity contribution in [2.24, 2.45) is 0 Å². The summed E-state index contributed by atoms with van der Waals surface area (Å²) in [5.41, 5.74) is 0.888. The Kier molecular flexibility index (Phi) is 6.00. The van der Waals surface area contributed by atoms with Gasteiger partial charge in [0.1, 0.15) is 5.75 Å². The number of esters is 1. The van der Waals surface area contributed by atoms with Crippen molar-refractivity contribution in [2.75, 3.05) is 18.5 Å². The second kappa shape index (κ2) is 8.19. The summed E-state index contributed by atoms with van der Waals surface area (Å²) >= 11 is 5.96. The molecular weight excluding hydrogens is 318 g/mol. The summed E-state index contributed by atoms with van der Waals surface area (Å²) < 4.78 is 10.3. The molecule has 6 heteroatoms. The molecule has 0 saturated heterocycles. The third-order valence-electron chi connectivity index (χ3n) is 2.86. The third-order valence-corrected chi connectivity index (χ3v) is 3.19. The molecule has 23 heavy (non-hydrogen) atoms. The van der Waals surface area contributed by atoms with Crippen LogP contribution in [0.5, 0.6) is 5.75 Å². The lowest BCUT2D eigenvalue weighted by molar-refractivity contribution is -0.118. The van der Waals surface area contributed by atoms with Crippen LogP contribution in [0.1, 0.15) is 17.3 Å². The van der Waals surface area contributed by atoms with Crippen molar-refractivity contribution >= 4 is 29.2 Å². The van der Waals surface area contributed by atoms with Crippen molar-refractivity contribution in [3.05, 3.63) is 59.1 Å². The molecule has 5 nitrogen and oxygen atoms in total. The average molecular weight is 334 g/mol. The van der Waals surface area contributed by atoms with Gasteiger partial charge in [0.2, 0.25) is 0 Å². The smallest absolute Gasteiger partial charge is 0.338 e. The Balaban J connectivity index is 1.93. The second-order valence-corrected chi connectivity index (χ2v) is 4.97. The molecule has 0 spiro atoms. The predicted molar refractivity (Wildman–Crippen MR) is 88.0 cm³/mol. The number of ether oxygens (including phenoxy) is 2. The largest absolute Gasteiger partial charge is 0.484 e. The molecule has 0 aromatic heterocycles. The Morgan fingerprint density at radius 2 is 1.91 bits per heavy atom. The van der Waals surface area contributed by atoms with Crippen molar-refractivity contribution in [1.29, 1.82) is 0 Å². The lowest BCUT2D eigenvalue weighted by Crippen LogP contribution is -2.20. The second-order valence-electron chi connectivity index (χ2n) is 4.56. The Hall–Kier alpha value is -2.53. The summed E-state index contributed by atoms with van der Waals surface area (Å²) in [6.45, 7) is 1.83. The maximum absolute atomic E-state index is 11.9. The first-order valence-electron chi connectivity index (χ1n) is 7.04. The van der Waals surface area contributed by atoms with Crippen molar-refractivity contribution in [3.8, 4) is 5.75 Å². The maximum Gasteiger partial charge on any atom is 0.338 e. The number of carbonyl (C=O) groups is 2. The van der Waals surface area contributed by atoms with Gasteiger partial charge >= 0.3 is 5.97 Å². The Bertz CT molecular complexity index is 702. The van der Waals surface area contributed by atoms with Crippen LogP contribution < -0.4 is 10.1 Å². The van der Waals surface area contributed by atoms with E-state index in [0.29, 0.717) is 28.6 Å². The van der Waals surface area contributed by atoms with E-state index in [1.807, 2.05) is 0 Å². The normalized spacial score (nSPS) is 10.0. The van der Waals surface area contributed by atoms with E-state index in [2.05, 4.69) is 5.32 Å². The molecule has 0 aliphatic carbocycles. The summed E-state index contributed by atoms with van der Waals surface area (Å²) in [6, 6.07) is 13.4. The number of rotatable bonds is 6. The highest BCUT2D eigenvalue weighted by molar-refractivity contribution is 6.33. The minimum Gasteiger partial charge on any atom is -0.484 e. The topological polar surface area (TPSA) is 64.6 Å². The molecule has 120 valence electrons. The van der Waals surface area contributed by atoms with Crippen molar-refractivity contribution in [3.63, 3.8) is 0 Å². The summed E-state index contributed by atoms with van der Waals surface area (Å²) in [5.74, 6) is -0.372. The van der Waals surface area contributed by atoms with Gasteiger partial charge in [-0.3, -0.25) is 4.79 Å². The van der Waals surface area contributed by atoms with Crippen molar-refractivity contribution in [1.82, 2.24) is 0 Å².